The third-order valence-electron chi connectivity index (χ3n) is 5.81. The van der Waals surface area contributed by atoms with Crippen molar-refractivity contribution < 1.29 is 23.4 Å². The number of thioether (sulfide) groups is 1. The van der Waals surface area contributed by atoms with Crippen LogP contribution in [0.5, 0.6) is 11.5 Å². The molecule has 1 N–H and O–H groups in total. The van der Waals surface area contributed by atoms with Crippen LogP contribution in [0.3, 0.4) is 0 Å². The lowest BCUT2D eigenvalue weighted by Gasteiger charge is -2.39. The van der Waals surface area contributed by atoms with Gasteiger partial charge in [0.25, 0.3) is 5.91 Å². The average molecular weight is 498 g/mol. The number of aromatic nitrogens is 1. The summed E-state index contributed by atoms with van der Waals surface area (Å²) in [6, 6.07) is 11.2. The molecule has 7 nitrogen and oxygen atoms in total. The number of amides is 1. The molecule has 4 bridgehead atoms. The van der Waals surface area contributed by atoms with Crippen LogP contribution < -0.4 is 15.2 Å². The first-order valence-corrected chi connectivity index (χ1v) is 11.9. The first-order valence-electron chi connectivity index (χ1n) is 10.9. The minimum atomic E-state index is -0.973. The molecule has 0 radical (unpaired) electrons. The molecule has 3 aromatic rings. The van der Waals surface area contributed by atoms with Gasteiger partial charge in [-0.15, -0.1) is 11.8 Å². The molecular weight excluding hydrogens is 476 g/mol. The maximum Gasteiger partial charge on any atom is 0.278 e. The topological polar surface area (TPSA) is 75.0 Å². The predicted molar refractivity (Wildman–Crippen MR) is 127 cm³/mol. The Balaban J connectivity index is 1.57. The number of nitrogens with zero attached hydrogens (tertiary/aromatic N) is 3. The van der Waals surface area contributed by atoms with Crippen LogP contribution in [0.1, 0.15) is 21.6 Å². The van der Waals surface area contributed by atoms with Crippen molar-refractivity contribution in [3.8, 4) is 11.5 Å². The summed E-state index contributed by atoms with van der Waals surface area (Å²) in [7, 11) is 0. The number of benzene rings is 2. The molecule has 2 aliphatic heterocycles. The number of fused-ring (bicyclic) bond motifs is 7. The van der Waals surface area contributed by atoms with E-state index in [1.807, 2.05) is 29.3 Å². The van der Waals surface area contributed by atoms with Gasteiger partial charge in [-0.05, 0) is 23.8 Å². The van der Waals surface area contributed by atoms with Crippen molar-refractivity contribution in [3.63, 3.8) is 0 Å². The van der Waals surface area contributed by atoms with Crippen LogP contribution in [0.25, 0.3) is 0 Å². The Labute approximate surface area is 203 Å². The molecule has 0 aliphatic carbocycles. The van der Waals surface area contributed by atoms with Gasteiger partial charge in [0, 0.05) is 41.1 Å². The predicted octanol–water partition coefficient (Wildman–Crippen LogP) is 3.62. The van der Waals surface area contributed by atoms with Crippen molar-refractivity contribution in [2.45, 2.75) is 17.2 Å². The van der Waals surface area contributed by atoms with E-state index < -0.39 is 28.7 Å². The zero-order valence-corrected chi connectivity index (χ0v) is 19.3. The monoisotopic (exact) mass is 497 g/mol. The zero-order valence-electron chi connectivity index (χ0n) is 18.5. The largest absolute Gasteiger partial charge is 0.502 e. The molecule has 2 aliphatic rings. The van der Waals surface area contributed by atoms with Gasteiger partial charge < -0.3 is 14.7 Å². The number of hydrogen-bond donors (Lipinski definition) is 1. The minimum Gasteiger partial charge on any atom is -0.502 e. The molecule has 1 amide bonds. The fourth-order valence-corrected chi connectivity index (χ4v) is 5.06. The lowest BCUT2D eigenvalue weighted by atomic mass is 10.2. The van der Waals surface area contributed by atoms with E-state index in [2.05, 4.69) is 0 Å². The molecule has 0 saturated heterocycles. The molecule has 3 heterocycles. The van der Waals surface area contributed by atoms with Crippen molar-refractivity contribution >= 4 is 17.7 Å². The van der Waals surface area contributed by atoms with Crippen LogP contribution in [-0.4, -0.2) is 40.4 Å². The lowest BCUT2D eigenvalue weighted by Crippen LogP contribution is -2.53. The number of rotatable bonds is 0. The summed E-state index contributed by atoms with van der Waals surface area (Å²) in [6.07, 6.45) is 4.84. The highest BCUT2D eigenvalue weighted by Crippen LogP contribution is 2.31. The number of aromatic hydroxyl groups is 1. The Morgan fingerprint density at radius 1 is 1.03 bits per heavy atom. The van der Waals surface area contributed by atoms with Crippen LogP contribution in [-0.2, 0) is 12.3 Å². The first kappa shape index (κ1) is 23.0. The molecule has 2 aromatic carbocycles. The SMILES string of the molecule is O=C1c2c(O)c(=O)ccn2N2Cc3ccccc3SCc3cc(cc(F)c3F)OC/C=C/CN1C2. The van der Waals surface area contributed by atoms with E-state index >= 15 is 0 Å². The number of pyridine rings is 1. The normalized spacial score (nSPS) is 16.8. The summed E-state index contributed by atoms with van der Waals surface area (Å²) >= 11 is 1.35. The van der Waals surface area contributed by atoms with Crippen LogP contribution in [0.15, 0.2) is 70.5 Å². The lowest BCUT2D eigenvalue weighted by molar-refractivity contribution is 0.0706. The second-order valence-electron chi connectivity index (χ2n) is 8.11. The molecule has 180 valence electrons. The van der Waals surface area contributed by atoms with Gasteiger partial charge in [0.05, 0.1) is 6.54 Å². The number of carbonyl (C=O) groups is 1. The van der Waals surface area contributed by atoms with Gasteiger partial charge in [-0.25, -0.2) is 8.78 Å². The molecular formula is C25H21F2N3O4S. The maximum absolute atomic E-state index is 14.5. The summed E-state index contributed by atoms with van der Waals surface area (Å²) in [4.78, 5) is 27.5. The highest BCUT2D eigenvalue weighted by atomic mass is 32.2. The Hall–Kier alpha value is -3.79. The van der Waals surface area contributed by atoms with E-state index in [1.54, 1.807) is 12.2 Å². The molecule has 5 rings (SSSR count). The summed E-state index contributed by atoms with van der Waals surface area (Å²) in [5.74, 6) is -2.56. The second kappa shape index (κ2) is 9.46. The number of hydrogen-bond acceptors (Lipinski definition) is 6. The van der Waals surface area contributed by atoms with Crippen molar-refractivity contribution in [3.05, 3.63) is 99.5 Å². The summed E-state index contributed by atoms with van der Waals surface area (Å²) < 4.78 is 35.7. The van der Waals surface area contributed by atoms with E-state index in [-0.39, 0.29) is 42.6 Å². The molecule has 0 unspecified atom stereocenters. The summed E-state index contributed by atoms with van der Waals surface area (Å²) in [6.45, 7) is 0.831. The van der Waals surface area contributed by atoms with Crippen LogP contribution in [0, 0.1) is 11.6 Å². The standard InChI is InChI=1S/C25H21F2N3O4S/c26-19-12-18-11-17(22(19)27)14-35-21-6-2-1-5-16(21)13-29-15-28(8-3-4-10-34-18)25(33)23-24(32)20(31)7-9-30(23)29/h1-7,9,11-12,32H,8,10,13-15H2/b4-3+. The van der Waals surface area contributed by atoms with Crippen molar-refractivity contribution in [2.24, 2.45) is 0 Å². The quantitative estimate of drug-likeness (QED) is 0.479. The van der Waals surface area contributed by atoms with Crippen molar-refractivity contribution in [2.75, 3.05) is 24.8 Å². The summed E-state index contributed by atoms with van der Waals surface area (Å²) in [5.41, 5.74) is 0.334. The molecule has 0 saturated carbocycles. The Kier molecular flexibility index (Phi) is 6.21. The first-order chi connectivity index (χ1) is 16.9. The number of carbonyl (C=O) groups excluding carboxylic acids is 1. The molecule has 35 heavy (non-hydrogen) atoms. The fraction of sp³-hybridized carbons (Fsp3) is 0.200. The Morgan fingerprint density at radius 2 is 1.86 bits per heavy atom. The Morgan fingerprint density at radius 3 is 2.71 bits per heavy atom. The third-order valence-corrected chi connectivity index (χ3v) is 6.97. The van der Waals surface area contributed by atoms with Crippen molar-refractivity contribution in [1.82, 2.24) is 9.58 Å². The van der Waals surface area contributed by atoms with Gasteiger partial charge in [0.1, 0.15) is 19.0 Å². The highest BCUT2D eigenvalue weighted by Gasteiger charge is 2.32. The fourth-order valence-electron chi connectivity index (χ4n) is 4.05. The Bertz CT molecular complexity index is 1390. The number of ether oxygens (including phenoxy) is 1. The average Bonchev–Trinajstić information content (AvgIpc) is 2.84. The molecule has 10 heteroatoms. The van der Waals surface area contributed by atoms with E-state index in [4.69, 9.17) is 4.74 Å². The highest BCUT2D eigenvalue weighted by molar-refractivity contribution is 7.98. The van der Waals surface area contributed by atoms with Gasteiger partial charge in [-0.3, -0.25) is 19.3 Å². The van der Waals surface area contributed by atoms with E-state index in [0.29, 0.717) is 6.54 Å². The zero-order chi connectivity index (χ0) is 24.5. The van der Waals surface area contributed by atoms with E-state index in [1.165, 1.54) is 39.7 Å². The van der Waals surface area contributed by atoms with Gasteiger partial charge in [-0.1, -0.05) is 24.3 Å². The van der Waals surface area contributed by atoms with Crippen molar-refractivity contribution in [1.29, 1.82) is 0 Å². The van der Waals surface area contributed by atoms with Gasteiger partial charge in [0.2, 0.25) is 5.43 Å². The second-order valence-corrected chi connectivity index (χ2v) is 9.13. The third kappa shape index (κ3) is 4.49. The summed E-state index contributed by atoms with van der Waals surface area (Å²) in [5, 5.41) is 12.2. The molecule has 0 atom stereocenters. The molecule has 1 aromatic heterocycles. The molecule has 0 spiro atoms. The van der Waals surface area contributed by atoms with E-state index in [9.17, 15) is 23.5 Å². The smallest absolute Gasteiger partial charge is 0.278 e. The van der Waals surface area contributed by atoms with Gasteiger partial charge in [0.15, 0.2) is 23.1 Å². The van der Waals surface area contributed by atoms with E-state index in [0.717, 1.165) is 16.5 Å². The van der Waals surface area contributed by atoms with Crippen LogP contribution in [0.2, 0.25) is 0 Å². The molecule has 0 fully saturated rings. The van der Waals surface area contributed by atoms with Crippen LogP contribution in [0.4, 0.5) is 8.78 Å². The number of halogens is 2. The maximum atomic E-state index is 14.5. The van der Waals surface area contributed by atoms with Crippen LogP contribution >= 0.6 is 11.8 Å². The minimum absolute atomic E-state index is 0.0908. The van der Waals surface area contributed by atoms with Gasteiger partial charge >= 0.3 is 0 Å². The van der Waals surface area contributed by atoms with Gasteiger partial charge in [-0.2, -0.15) is 0 Å².